The first kappa shape index (κ1) is 13.6. The summed E-state index contributed by atoms with van der Waals surface area (Å²) in [4.78, 5) is 25.9. The van der Waals surface area contributed by atoms with Crippen molar-refractivity contribution in [3.63, 3.8) is 0 Å². The van der Waals surface area contributed by atoms with Gasteiger partial charge in [-0.15, -0.1) is 0 Å². The number of benzene rings is 1. The lowest BCUT2D eigenvalue weighted by Gasteiger charge is -2.26. The van der Waals surface area contributed by atoms with Gasteiger partial charge in [-0.2, -0.15) is 0 Å². The molecular formula is C15H20N2O2. The predicted molar refractivity (Wildman–Crippen MR) is 73.4 cm³/mol. The molecule has 1 aromatic rings. The van der Waals surface area contributed by atoms with Gasteiger partial charge < -0.3 is 10.6 Å². The molecule has 0 aliphatic carbocycles. The summed E-state index contributed by atoms with van der Waals surface area (Å²) in [6, 6.07) is 9.44. The van der Waals surface area contributed by atoms with E-state index in [2.05, 4.69) is 0 Å². The van der Waals surface area contributed by atoms with E-state index < -0.39 is 17.7 Å². The fourth-order valence-electron chi connectivity index (χ4n) is 2.60. The lowest BCUT2D eigenvalue weighted by atomic mass is 9.85. The first-order valence-electron chi connectivity index (χ1n) is 6.74. The zero-order chi connectivity index (χ0) is 13.8. The summed E-state index contributed by atoms with van der Waals surface area (Å²) in [5.74, 6) is -1.36. The minimum Gasteiger partial charge on any atom is -0.369 e. The molecule has 0 spiro atoms. The van der Waals surface area contributed by atoms with Crippen molar-refractivity contribution in [2.45, 2.75) is 25.7 Å². The number of primary amides is 1. The van der Waals surface area contributed by atoms with Gasteiger partial charge in [0, 0.05) is 13.1 Å². The van der Waals surface area contributed by atoms with Gasteiger partial charge in [-0.25, -0.2) is 0 Å². The Bertz CT molecular complexity index is 452. The number of rotatable bonds is 4. The molecule has 2 atom stereocenters. The number of nitrogens with two attached hydrogens (primary N) is 1. The second-order valence-electron chi connectivity index (χ2n) is 5.11. The zero-order valence-corrected chi connectivity index (χ0v) is 11.2. The standard InChI is InChI=1S/C15H20N2O2/c1-11(14(16)18)13(12-7-3-2-4-8-12)15(19)17-9-5-6-10-17/h2-4,7-8,11,13H,5-6,9-10H2,1H3,(H2,16,18)/t11?,13-/m0/s1. The van der Waals surface area contributed by atoms with E-state index in [4.69, 9.17) is 5.73 Å². The molecule has 19 heavy (non-hydrogen) atoms. The molecule has 2 N–H and O–H groups in total. The summed E-state index contributed by atoms with van der Waals surface area (Å²) in [5, 5.41) is 0. The highest BCUT2D eigenvalue weighted by molar-refractivity contribution is 5.90. The molecule has 1 saturated heterocycles. The highest BCUT2D eigenvalue weighted by Crippen LogP contribution is 2.28. The summed E-state index contributed by atoms with van der Waals surface area (Å²) >= 11 is 0. The summed E-state index contributed by atoms with van der Waals surface area (Å²) < 4.78 is 0. The molecule has 4 nitrogen and oxygen atoms in total. The van der Waals surface area contributed by atoms with E-state index in [1.54, 1.807) is 6.92 Å². The van der Waals surface area contributed by atoms with Crippen molar-refractivity contribution < 1.29 is 9.59 Å². The van der Waals surface area contributed by atoms with Gasteiger partial charge in [0.05, 0.1) is 11.8 Å². The normalized spacial score (nSPS) is 18.1. The number of carbonyl (C=O) groups excluding carboxylic acids is 2. The van der Waals surface area contributed by atoms with Gasteiger partial charge in [0.1, 0.15) is 0 Å². The van der Waals surface area contributed by atoms with Crippen LogP contribution in [0.15, 0.2) is 30.3 Å². The molecule has 1 heterocycles. The summed E-state index contributed by atoms with van der Waals surface area (Å²) in [7, 11) is 0. The fourth-order valence-corrected chi connectivity index (χ4v) is 2.60. The van der Waals surface area contributed by atoms with Gasteiger partial charge in [-0.3, -0.25) is 9.59 Å². The first-order valence-corrected chi connectivity index (χ1v) is 6.74. The lowest BCUT2D eigenvalue weighted by Crippen LogP contribution is -2.39. The Kier molecular flexibility index (Phi) is 4.20. The van der Waals surface area contributed by atoms with Gasteiger partial charge in [0.15, 0.2) is 0 Å². The molecule has 1 aliphatic rings. The highest BCUT2D eigenvalue weighted by Gasteiger charge is 2.34. The van der Waals surface area contributed by atoms with Crippen LogP contribution in [-0.2, 0) is 9.59 Å². The van der Waals surface area contributed by atoms with Crippen molar-refractivity contribution in [3.05, 3.63) is 35.9 Å². The maximum Gasteiger partial charge on any atom is 0.230 e. The van der Waals surface area contributed by atoms with Crippen LogP contribution in [0.4, 0.5) is 0 Å². The van der Waals surface area contributed by atoms with Gasteiger partial charge in [-0.1, -0.05) is 37.3 Å². The number of hydrogen-bond acceptors (Lipinski definition) is 2. The van der Waals surface area contributed by atoms with Crippen molar-refractivity contribution >= 4 is 11.8 Å². The Morgan fingerprint density at radius 2 is 1.74 bits per heavy atom. The maximum atomic E-state index is 12.6. The van der Waals surface area contributed by atoms with Crippen molar-refractivity contribution in [2.24, 2.45) is 11.7 Å². The Morgan fingerprint density at radius 3 is 2.26 bits per heavy atom. The molecule has 0 radical (unpaired) electrons. The molecule has 0 bridgehead atoms. The van der Waals surface area contributed by atoms with Crippen LogP contribution in [0.5, 0.6) is 0 Å². The average Bonchev–Trinajstić information content (AvgIpc) is 2.93. The minimum atomic E-state index is -0.490. The maximum absolute atomic E-state index is 12.6. The molecule has 102 valence electrons. The van der Waals surface area contributed by atoms with Crippen molar-refractivity contribution in [2.75, 3.05) is 13.1 Å². The van der Waals surface area contributed by atoms with Crippen LogP contribution < -0.4 is 5.73 Å². The van der Waals surface area contributed by atoms with Crippen LogP contribution in [0.3, 0.4) is 0 Å². The van der Waals surface area contributed by atoms with Gasteiger partial charge in [0.2, 0.25) is 11.8 Å². The van der Waals surface area contributed by atoms with Crippen LogP contribution in [0.2, 0.25) is 0 Å². The van der Waals surface area contributed by atoms with Crippen LogP contribution in [0, 0.1) is 5.92 Å². The van der Waals surface area contributed by atoms with Gasteiger partial charge in [-0.05, 0) is 18.4 Å². The SMILES string of the molecule is CC(C(N)=O)[C@H](C(=O)N1CCCC1)c1ccccc1. The van der Waals surface area contributed by atoms with Gasteiger partial charge in [0.25, 0.3) is 0 Å². The molecule has 1 fully saturated rings. The molecule has 2 rings (SSSR count). The largest absolute Gasteiger partial charge is 0.369 e. The monoisotopic (exact) mass is 260 g/mol. The summed E-state index contributed by atoms with van der Waals surface area (Å²) in [6.45, 7) is 3.30. The van der Waals surface area contributed by atoms with E-state index in [-0.39, 0.29) is 5.91 Å². The third-order valence-corrected chi connectivity index (χ3v) is 3.79. The molecular weight excluding hydrogens is 240 g/mol. The smallest absolute Gasteiger partial charge is 0.230 e. The Labute approximate surface area is 113 Å². The van der Waals surface area contributed by atoms with Crippen LogP contribution in [0.25, 0.3) is 0 Å². The van der Waals surface area contributed by atoms with E-state index >= 15 is 0 Å². The zero-order valence-electron chi connectivity index (χ0n) is 11.2. The van der Waals surface area contributed by atoms with E-state index in [1.165, 1.54) is 0 Å². The molecule has 0 aromatic heterocycles. The second-order valence-corrected chi connectivity index (χ2v) is 5.11. The summed E-state index contributed by atoms with van der Waals surface area (Å²) in [5.41, 5.74) is 6.27. The molecule has 1 aliphatic heterocycles. The number of hydrogen-bond donors (Lipinski definition) is 1. The Hall–Kier alpha value is -1.84. The Morgan fingerprint density at radius 1 is 1.16 bits per heavy atom. The first-order chi connectivity index (χ1) is 9.11. The Balaban J connectivity index is 2.28. The van der Waals surface area contributed by atoms with Crippen molar-refractivity contribution in [1.82, 2.24) is 4.90 Å². The van der Waals surface area contributed by atoms with Crippen molar-refractivity contribution in [1.29, 1.82) is 0 Å². The molecule has 2 amide bonds. The minimum absolute atomic E-state index is 0.0231. The van der Waals surface area contributed by atoms with E-state index in [0.717, 1.165) is 31.5 Å². The van der Waals surface area contributed by atoms with Gasteiger partial charge >= 0.3 is 0 Å². The quantitative estimate of drug-likeness (QED) is 0.892. The van der Waals surface area contributed by atoms with Crippen LogP contribution >= 0.6 is 0 Å². The van der Waals surface area contributed by atoms with E-state index in [1.807, 2.05) is 35.2 Å². The number of amides is 2. The molecule has 1 unspecified atom stereocenters. The van der Waals surface area contributed by atoms with E-state index in [0.29, 0.717) is 0 Å². The molecule has 4 heteroatoms. The number of nitrogens with zero attached hydrogens (tertiary/aromatic N) is 1. The third-order valence-electron chi connectivity index (χ3n) is 3.79. The molecule has 1 aromatic carbocycles. The van der Waals surface area contributed by atoms with Crippen LogP contribution in [-0.4, -0.2) is 29.8 Å². The third kappa shape index (κ3) is 2.95. The number of likely N-dealkylation sites (tertiary alicyclic amines) is 1. The van der Waals surface area contributed by atoms with E-state index in [9.17, 15) is 9.59 Å². The highest BCUT2D eigenvalue weighted by atomic mass is 16.2. The second kappa shape index (κ2) is 5.87. The summed E-state index contributed by atoms with van der Waals surface area (Å²) in [6.07, 6.45) is 2.08. The topological polar surface area (TPSA) is 63.4 Å². The van der Waals surface area contributed by atoms with Crippen LogP contribution in [0.1, 0.15) is 31.2 Å². The molecule has 0 saturated carbocycles. The lowest BCUT2D eigenvalue weighted by molar-refractivity contribution is -0.136. The predicted octanol–water partition coefficient (Wildman–Crippen LogP) is 1.51. The fraction of sp³-hybridized carbons (Fsp3) is 0.467. The van der Waals surface area contributed by atoms with Crippen molar-refractivity contribution in [3.8, 4) is 0 Å². The number of carbonyl (C=O) groups is 2. The average molecular weight is 260 g/mol.